The summed E-state index contributed by atoms with van der Waals surface area (Å²) in [6, 6.07) is 40.7. The molecule has 0 unspecified atom stereocenters. The maximum absolute atomic E-state index is 6.19. The number of nitrogens with zero attached hydrogens (tertiary/aromatic N) is 2. The molecule has 3 heteroatoms. The summed E-state index contributed by atoms with van der Waals surface area (Å²) in [5, 5.41) is 0. The smallest absolute Gasteiger partial charge is 0.153 e. The van der Waals surface area contributed by atoms with E-state index in [-0.39, 0.29) is 5.92 Å². The number of aromatic nitrogens is 2. The molecule has 0 atom stereocenters. The normalized spacial score (nSPS) is 13.3. The Hall–Kier alpha value is -4.63. The van der Waals surface area contributed by atoms with Crippen molar-refractivity contribution in [1.82, 2.24) is 9.55 Å². The second-order valence-electron chi connectivity index (χ2n) is 9.19. The molecule has 164 valence electrons. The molecular weight excluding hydrogens is 428 g/mol. The van der Waals surface area contributed by atoms with Crippen LogP contribution in [0.1, 0.15) is 22.6 Å². The van der Waals surface area contributed by atoms with Crippen LogP contribution in [-0.2, 0) is 0 Å². The maximum Gasteiger partial charge on any atom is 0.153 e. The highest BCUT2D eigenvalue weighted by atomic mass is 16.5. The van der Waals surface area contributed by atoms with Crippen molar-refractivity contribution < 1.29 is 4.74 Å². The average Bonchev–Trinajstić information content (AvgIpc) is 3.47. The third-order valence-corrected chi connectivity index (χ3v) is 7.30. The van der Waals surface area contributed by atoms with Crippen LogP contribution in [0.2, 0.25) is 0 Å². The summed E-state index contributed by atoms with van der Waals surface area (Å²) >= 11 is 0. The van der Waals surface area contributed by atoms with Crippen LogP contribution in [0.15, 0.2) is 115 Å². The van der Waals surface area contributed by atoms with Crippen molar-refractivity contribution >= 4 is 11.0 Å². The average molecular weight is 449 g/mol. The molecule has 8 rings (SSSR count). The van der Waals surface area contributed by atoms with Gasteiger partial charge < -0.3 is 4.74 Å². The van der Waals surface area contributed by atoms with Gasteiger partial charge in [-0.15, -0.1) is 0 Å². The van der Waals surface area contributed by atoms with Gasteiger partial charge in [0.05, 0.1) is 11.2 Å². The van der Waals surface area contributed by atoms with Crippen LogP contribution < -0.4 is 4.74 Å². The highest BCUT2D eigenvalue weighted by Gasteiger charge is 2.30. The van der Waals surface area contributed by atoms with Crippen LogP contribution in [0.4, 0.5) is 0 Å². The number of hydrogen-bond acceptors (Lipinski definition) is 2. The number of rotatable bonds is 2. The van der Waals surface area contributed by atoms with Crippen LogP contribution in [0, 0.1) is 0 Å². The fourth-order valence-corrected chi connectivity index (χ4v) is 5.79. The van der Waals surface area contributed by atoms with E-state index in [1.807, 2.05) is 30.3 Å². The molecule has 35 heavy (non-hydrogen) atoms. The summed E-state index contributed by atoms with van der Waals surface area (Å²) < 4.78 is 8.43. The molecule has 0 spiro atoms. The van der Waals surface area contributed by atoms with Crippen molar-refractivity contribution in [3.63, 3.8) is 0 Å². The standard InChI is InChI=1S/C32H20N2O/c1-3-10-24-22(8-1)23-9-2-4-11-25(23)30(24)20-16-18-21(19-17-20)32-33-26-12-7-15-29-31(26)34(32)27-13-5-6-14-28(27)35-29/h1-19,30H. The Labute approximate surface area is 202 Å². The second kappa shape index (κ2) is 6.94. The molecule has 0 bridgehead atoms. The topological polar surface area (TPSA) is 27.1 Å². The van der Waals surface area contributed by atoms with Crippen LogP contribution >= 0.6 is 0 Å². The lowest BCUT2D eigenvalue weighted by Crippen LogP contribution is -2.05. The summed E-state index contributed by atoms with van der Waals surface area (Å²) in [7, 11) is 0. The van der Waals surface area contributed by atoms with Crippen molar-refractivity contribution in [3.8, 4) is 39.7 Å². The van der Waals surface area contributed by atoms with Crippen molar-refractivity contribution in [2.45, 2.75) is 5.92 Å². The summed E-state index contributed by atoms with van der Waals surface area (Å²) in [5.41, 5.74) is 10.8. The molecule has 2 heterocycles. The van der Waals surface area contributed by atoms with E-state index in [4.69, 9.17) is 9.72 Å². The van der Waals surface area contributed by atoms with E-state index in [2.05, 4.69) is 89.5 Å². The number of imidazole rings is 1. The SMILES string of the molecule is c1ccc2c(c1)Oc1cccc3nc(-c4ccc(C5c6ccccc6-c6ccccc65)cc4)n-2c13. The minimum Gasteiger partial charge on any atom is -0.453 e. The van der Waals surface area contributed by atoms with Gasteiger partial charge in [-0.05, 0) is 52.1 Å². The summed E-state index contributed by atoms with van der Waals surface area (Å²) in [5.74, 6) is 2.87. The van der Waals surface area contributed by atoms with Gasteiger partial charge in [0.2, 0.25) is 0 Å². The number of fused-ring (bicyclic) bond motifs is 5. The number of hydrogen-bond donors (Lipinski definition) is 0. The molecule has 3 nitrogen and oxygen atoms in total. The molecule has 0 N–H and O–H groups in total. The van der Waals surface area contributed by atoms with E-state index in [0.717, 1.165) is 39.6 Å². The van der Waals surface area contributed by atoms with Gasteiger partial charge in [0.1, 0.15) is 11.3 Å². The van der Waals surface area contributed by atoms with Gasteiger partial charge in [0.25, 0.3) is 0 Å². The van der Waals surface area contributed by atoms with Gasteiger partial charge in [-0.3, -0.25) is 4.57 Å². The Balaban J connectivity index is 1.29. The summed E-state index contributed by atoms with van der Waals surface area (Å²) in [4.78, 5) is 5.04. The fraction of sp³-hybridized carbons (Fsp3) is 0.0312. The van der Waals surface area contributed by atoms with E-state index in [9.17, 15) is 0 Å². The quantitative estimate of drug-likeness (QED) is 0.268. The van der Waals surface area contributed by atoms with Gasteiger partial charge >= 0.3 is 0 Å². The Morgan fingerprint density at radius 1 is 0.600 bits per heavy atom. The molecule has 1 aromatic heterocycles. The Kier molecular flexibility index (Phi) is 3.72. The Morgan fingerprint density at radius 3 is 2.03 bits per heavy atom. The van der Waals surface area contributed by atoms with Crippen molar-refractivity contribution in [2.24, 2.45) is 0 Å². The Bertz CT molecular complexity index is 1730. The third-order valence-electron chi connectivity index (χ3n) is 7.30. The first-order chi connectivity index (χ1) is 17.4. The summed E-state index contributed by atoms with van der Waals surface area (Å²) in [6.07, 6.45) is 0. The molecule has 0 saturated heterocycles. The van der Waals surface area contributed by atoms with E-state index in [1.54, 1.807) is 0 Å². The van der Waals surface area contributed by atoms with E-state index >= 15 is 0 Å². The molecule has 1 aliphatic carbocycles. The van der Waals surface area contributed by atoms with Crippen molar-refractivity contribution in [1.29, 1.82) is 0 Å². The maximum atomic E-state index is 6.19. The van der Waals surface area contributed by atoms with Crippen LogP contribution in [0.25, 0.3) is 39.2 Å². The molecular formula is C32H20N2O. The zero-order valence-electron chi connectivity index (χ0n) is 18.8. The molecule has 0 amide bonds. The van der Waals surface area contributed by atoms with Gasteiger partial charge in [-0.25, -0.2) is 4.98 Å². The molecule has 1 aliphatic heterocycles. The van der Waals surface area contributed by atoms with Crippen LogP contribution in [0.5, 0.6) is 11.5 Å². The van der Waals surface area contributed by atoms with Crippen LogP contribution in [0.3, 0.4) is 0 Å². The van der Waals surface area contributed by atoms with Crippen LogP contribution in [-0.4, -0.2) is 9.55 Å². The monoisotopic (exact) mass is 448 g/mol. The van der Waals surface area contributed by atoms with Crippen molar-refractivity contribution in [3.05, 3.63) is 132 Å². The van der Waals surface area contributed by atoms with Gasteiger partial charge in [0, 0.05) is 11.5 Å². The number of ether oxygens (including phenoxy) is 1. The molecule has 2 aliphatic rings. The highest BCUT2D eigenvalue weighted by molar-refractivity contribution is 5.90. The first kappa shape index (κ1) is 18.8. The van der Waals surface area contributed by atoms with Gasteiger partial charge in [-0.1, -0.05) is 91.0 Å². The Morgan fingerprint density at radius 2 is 1.26 bits per heavy atom. The van der Waals surface area contributed by atoms with Gasteiger partial charge in [-0.2, -0.15) is 0 Å². The lowest BCUT2D eigenvalue weighted by atomic mass is 9.89. The largest absolute Gasteiger partial charge is 0.453 e. The lowest BCUT2D eigenvalue weighted by Gasteiger charge is -2.21. The lowest BCUT2D eigenvalue weighted by molar-refractivity contribution is 0.476. The van der Waals surface area contributed by atoms with E-state index in [0.29, 0.717) is 0 Å². The van der Waals surface area contributed by atoms with E-state index in [1.165, 1.54) is 27.8 Å². The van der Waals surface area contributed by atoms with Crippen molar-refractivity contribution in [2.75, 3.05) is 0 Å². The fourth-order valence-electron chi connectivity index (χ4n) is 5.79. The molecule has 5 aromatic carbocycles. The minimum atomic E-state index is 0.245. The van der Waals surface area contributed by atoms with E-state index < -0.39 is 0 Å². The predicted molar refractivity (Wildman–Crippen MR) is 139 cm³/mol. The summed E-state index contributed by atoms with van der Waals surface area (Å²) in [6.45, 7) is 0. The zero-order chi connectivity index (χ0) is 22.9. The molecule has 0 saturated carbocycles. The first-order valence-corrected chi connectivity index (χ1v) is 11.9. The molecule has 6 aromatic rings. The zero-order valence-corrected chi connectivity index (χ0v) is 18.8. The third kappa shape index (κ3) is 2.58. The predicted octanol–water partition coefficient (Wildman–Crippen LogP) is 7.96. The second-order valence-corrected chi connectivity index (χ2v) is 9.19. The highest BCUT2D eigenvalue weighted by Crippen LogP contribution is 2.48. The molecule has 0 fully saturated rings. The molecule has 0 radical (unpaired) electrons. The number of benzene rings is 5. The first-order valence-electron chi connectivity index (χ1n) is 11.9. The minimum absolute atomic E-state index is 0.245. The van der Waals surface area contributed by atoms with Gasteiger partial charge in [0.15, 0.2) is 11.5 Å². The number of para-hydroxylation sites is 3.